The number of carbonyl (C=O) groups excluding carboxylic acids is 3. The van der Waals surface area contributed by atoms with E-state index in [1.807, 2.05) is 6.92 Å². The molecule has 0 spiro atoms. The normalized spacial score (nSPS) is 18.3. The molecule has 6 nitrogen and oxygen atoms in total. The third-order valence-corrected chi connectivity index (χ3v) is 6.10. The molecule has 4 rings (SSSR count). The minimum absolute atomic E-state index is 0.0434. The molecule has 0 unspecified atom stereocenters. The average molecular weight is 472 g/mol. The number of nitrogens with zero attached hydrogens (tertiary/aromatic N) is 1. The van der Waals surface area contributed by atoms with Gasteiger partial charge in [-0.1, -0.05) is 18.5 Å². The minimum Gasteiger partial charge on any atom is -0.453 e. The van der Waals surface area contributed by atoms with Crippen LogP contribution in [0.15, 0.2) is 46.9 Å². The van der Waals surface area contributed by atoms with Crippen molar-refractivity contribution in [3.63, 3.8) is 0 Å². The van der Waals surface area contributed by atoms with E-state index in [0.717, 1.165) is 6.07 Å². The molecule has 1 aliphatic heterocycles. The van der Waals surface area contributed by atoms with Gasteiger partial charge in [0.2, 0.25) is 5.60 Å². The van der Waals surface area contributed by atoms with Crippen molar-refractivity contribution in [3.8, 4) is 0 Å². The lowest BCUT2D eigenvalue weighted by atomic mass is 9.92. The quantitative estimate of drug-likeness (QED) is 0.374. The largest absolute Gasteiger partial charge is 0.453 e. The zero-order valence-corrected chi connectivity index (χ0v) is 18.8. The Morgan fingerprint density at radius 1 is 1.18 bits per heavy atom. The van der Waals surface area contributed by atoms with Crippen molar-refractivity contribution in [1.29, 1.82) is 0 Å². The van der Waals surface area contributed by atoms with Crippen LogP contribution in [0, 0.1) is 5.82 Å². The van der Waals surface area contributed by atoms with Crippen molar-refractivity contribution in [1.82, 2.24) is 0 Å². The van der Waals surface area contributed by atoms with E-state index in [0.29, 0.717) is 35.1 Å². The molecule has 0 aliphatic carbocycles. The summed E-state index contributed by atoms with van der Waals surface area (Å²) in [5.41, 5.74) is -0.600. The Hall–Kier alpha value is -3.03. The molecule has 8 heteroatoms. The van der Waals surface area contributed by atoms with Gasteiger partial charge in [0.05, 0.1) is 0 Å². The first-order valence-electron chi connectivity index (χ1n) is 10.8. The van der Waals surface area contributed by atoms with E-state index in [9.17, 15) is 23.9 Å². The van der Waals surface area contributed by atoms with E-state index in [1.54, 1.807) is 30.3 Å². The van der Waals surface area contributed by atoms with Crippen LogP contribution in [0.25, 0.3) is 11.0 Å². The van der Waals surface area contributed by atoms with Crippen molar-refractivity contribution < 1.29 is 28.3 Å². The van der Waals surface area contributed by atoms with Crippen molar-refractivity contribution >= 4 is 45.7 Å². The molecule has 1 fully saturated rings. The second-order valence-electron chi connectivity index (χ2n) is 8.27. The Kier molecular flexibility index (Phi) is 6.36. The summed E-state index contributed by atoms with van der Waals surface area (Å²) in [4.78, 5) is 39.3. The molecule has 1 amide bonds. The van der Waals surface area contributed by atoms with Gasteiger partial charge in [-0.25, -0.2) is 4.39 Å². The number of halogens is 2. The average Bonchev–Trinajstić information content (AvgIpc) is 3.33. The van der Waals surface area contributed by atoms with Gasteiger partial charge in [0, 0.05) is 41.9 Å². The van der Waals surface area contributed by atoms with E-state index >= 15 is 0 Å². The summed E-state index contributed by atoms with van der Waals surface area (Å²) < 4.78 is 19.1. The maximum Gasteiger partial charge on any atom is 0.266 e. The lowest BCUT2D eigenvalue weighted by Crippen LogP contribution is -2.47. The lowest BCUT2D eigenvalue weighted by Gasteiger charge is -2.21. The summed E-state index contributed by atoms with van der Waals surface area (Å²) in [7, 11) is 0. The molecular weight excluding hydrogens is 449 g/mol. The number of amides is 1. The molecule has 172 valence electrons. The van der Waals surface area contributed by atoms with Crippen LogP contribution in [0.2, 0.25) is 5.02 Å². The number of hydrogen-bond acceptors (Lipinski definition) is 5. The third kappa shape index (κ3) is 4.56. The van der Waals surface area contributed by atoms with E-state index in [1.165, 1.54) is 11.0 Å². The number of ketones is 2. The summed E-state index contributed by atoms with van der Waals surface area (Å²) in [6.07, 6.45) is 1.08. The Morgan fingerprint density at radius 2 is 1.97 bits per heavy atom. The first-order valence-corrected chi connectivity index (χ1v) is 11.2. The van der Waals surface area contributed by atoms with Crippen LogP contribution in [-0.2, 0) is 16.0 Å². The number of hydrogen-bond donors (Lipinski definition) is 1. The van der Waals surface area contributed by atoms with Crippen molar-refractivity contribution in [2.45, 2.75) is 44.6 Å². The van der Waals surface area contributed by atoms with Crippen molar-refractivity contribution in [3.05, 3.63) is 64.6 Å². The number of fused-ring (bicyclic) bond motifs is 1. The van der Waals surface area contributed by atoms with Gasteiger partial charge in [0.15, 0.2) is 17.3 Å². The topological polar surface area (TPSA) is 87.8 Å². The molecule has 0 radical (unpaired) electrons. The minimum atomic E-state index is -2.13. The van der Waals surface area contributed by atoms with Gasteiger partial charge in [-0.05, 0) is 60.9 Å². The molecule has 1 N–H and O–H groups in total. The predicted octanol–water partition coefficient (Wildman–Crippen LogP) is 4.88. The highest BCUT2D eigenvalue weighted by atomic mass is 35.5. The second-order valence-corrected chi connectivity index (χ2v) is 8.71. The van der Waals surface area contributed by atoms with Crippen LogP contribution in [0.5, 0.6) is 0 Å². The van der Waals surface area contributed by atoms with Gasteiger partial charge >= 0.3 is 0 Å². The number of carbonyl (C=O) groups is 3. The maximum absolute atomic E-state index is 13.5. The number of rotatable bonds is 8. The molecule has 0 saturated carbocycles. The zero-order chi connectivity index (χ0) is 23.8. The number of aliphatic hydroxyl groups is 1. The maximum atomic E-state index is 13.5. The SMILES string of the molecule is CCCC(=O)c1cc2cc(N3CC[C@](O)(C(=O)CCc4cc(F)cc(Cl)c4)C3=O)ccc2o1. The number of benzene rings is 2. The van der Waals surface area contributed by atoms with Crippen LogP contribution in [0.1, 0.15) is 48.7 Å². The Bertz CT molecular complexity index is 1230. The van der Waals surface area contributed by atoms with Crippen molar-refractivity contribution in [2.75, 3.05) is 11.4 Å². The molecule has 2 aromatic carbocycles. The zero-order valence-electron chi connectivity index (χ0n) is 18.1. The van der Waals surface area contributed by atoms with E-state index in [4.69, 9.17) is 16.0 Å². The van der Waals surface area contributed by atoms with Gasteiger partial charge in [-0.15, -0.1) is 0 Å². The molecule has 33 heavy (non-hydrogen) atoms. The van der Waals surface area contributed by atoms with E-state index in [-0.39, 0.29) is 42.4 Å². The van der Waals surface area contributed by atoms with Gasteiger partial charge in [-0.2, -0.15) is 0 Å². The van der Waals surface area contributed by atoms with E-state index < -0.39 is 23.1 Å². The van der Waals surface area contributed by atoms with Crippen LogP contribution in [-0.4, -0.2) is 34.7 Å². The van der Waals surface area contributed by atoms with Crippen molar-refractivity contribution in [2.24, 2.45) is 0 Å². The van der Waals surface area contributed by atoms with Crippen LogP contribution in [0.3, 0.4) is 0 Å². The lowest BCUT2D eigenvalue weighted by molar-refractivity contribution is -0.147. The van der Waals surface area contributed by atoms with Crippen LogP contribution >= 0.6 is 11.6 Å². The Labute approximate surface area is 194 Å². The predicted molar refractivity (Wildman–Crippen MR) is 122 cm³/mol. The summed E-state index contributed by atoms with van der Waals surface area (Å²) in [6, 6.07) is 10.6. The van der Waals surface area contributed by atoms with E-state index in [2.05, 4.69) is 0 Å². The van der Waals surface area contributed by atoms with Gasteiger partial charge < -0.3 is 14.4 Å². The summed E-state index contributed by atoms with van der Waals surface area (Å²) in [5, 5.41) is 11.8. The first kappa shape index (κ1) is 23.1. The number of aryl methyl sites for hydroxylation is 1. The molecule has 1 aliphatic rings. The van der Waals surface area contributed by atoms with Gasteiger partial charge in [0.1, 0.15) is 11.4 Å². The third-order valence-electron chi connectivity index (χ3n) is 5.88. The first-order chi connectivity index (χ1) is 15.7. The molecule has 3 aromatic rings. The molecular formula is C25H23ClFNO5. The number of furan rings is 1. The number of Topliss-reactive ketones (excluding diaryl/α,β-unsaturated/α-hetero) is 2. The smallest absolute Gasteiger partial charge is 0.266 e. The Morgan fingerprint density at radius 3 is 2.70 bits per heavy atom. The fourth-order valence-corrected chi connectivity index (χ4v) is 4.36. The Balaban J connectivity index is 1.49. The van der Waals surface area contributed by atoms with Gasteiger partial charge in [0.25, 0.3) is 5.91 Å². The second kappa shape index (κ2) is 9.08. The number of anilines is 1. The van der Waals surface area contributed by atoms with Crippen LogP contribution in [0.4, 0.5) is 10.1 Å². The molecule has 1 atom stereocenters. The molecule has 0 bridgehead atoms. The summed E-state index contributed by atoms with van der Waals surface area (Å²) in [5.74, 6) is -1.66. The standard InChI is InChI=1S/C25H23ClFNO5/c1-2-3-20(29)22-13-16-12-19(5-6-21(16)33-22)28-9-8-25(32,24(28)31)23(30)7-4-15-10-17(26)14-18(27)11-15/h5-6,10-14,32H,2-4,7-9H2,1H3/t25-/m0/s1. The highest BCUT2D eigenvalue weighted by Gasteiger charge is 2.50. The van der Waals surface area contributed by atoms with Crippen LogP contribution < -0.4 is 4.90 Å². The fraction of sp³-hybridized carbons (Fsp3) is 0.320. The highest BCUT2D eigenvalue weighted by Crippen LogP contribution is 2.33. The molecule has 1 saturated heterocycles. The van der Waals surface area contributed by atoms with Gasteiger partial charge in [-0.3, -0.25) is 14.4 Å². The monoisotopic (exact) mass is 471 g/mol. The summed E-state index contributed by atoms with van der Waals surface area (Å²) in [6.45, 7) is 2.07. The fourth-order valence-electron chi connectivity index (χ4n) is 4.12. The highest BCUT2D eigenvalue weighted by molar-refractivity contribution is 6.30. The summed E-state index contributed by atoms with van der Waals surface area (Å²) >= 11 is 5.85. The molecule has 2 heterocycles. The molecule has 1 aromatic heterocycles.